The minimum absolute atomic E-state index is 0.155. The van der Waals surface area contributed by atoms with Crippen molar-refractivity contribution in [1.82, 2.24) is 0 Å². The normalized spacial score (nSPS) is 9.00. The van der Waals surface area contributed by atoms with E-state index in [2.05, 4.69) is 13.8 Å². The van der Waals surface area contributed by atoms with Gasteiger partial charge in [0.15, 0.2) is 23.0 Å². The monoisotopic (exact) mass is 212 g/mol. The first-order valence-electron chi connectivity index (χ1n) is 4.69. The molecule has 1 aromatic carbocycles. The third-order valence-electron chi connectivity index (χ3n) is 1.48. The molecule has 0 amide bonds. The summed E-state index contributed by atoms with van der Waals surface area (Å²) in [4.78, 5) is 10.8. The second-order valence-electron chi connectivity index (χ2n) is 3.13. The van der Waals surface area contributed by atoms with E-state index in [0.29, 0.717) is 0 Å². The van der Waals surface area contributed by atoms with Gasteiger partial charge in [0.1, 0.15) is 0 Å². The van der Waals surface area contributed by atoms with Gasteiger partial charge in [-0.15, -0.1) is 0 Å². The van der Waals surface area contributed by atoms with E-state index in [1.807, 2.05) is 0 Å². The molecule has 0 aliphatic carbocycles. The van der Waals surface area contributed by atoms with Gasteiger partial charge in [-0.05, 0) is 19.1 Å². The van der Waals surface area contributed by atoms with Gasteiger partial charge in [-0.1, -0.05) is 20.3 Å². The van der Waals surface area contributed by atoms with Crippen molar-refractivity contribution in [1.29, 1.82) is 0 Å². The van der Waals surface area contributed by atoms with E-state index in [1.54, 1.807) is 0 Å². The number of rotatable bonds is 1. The van der Waals surface area contributed by atoms with Crippen LogP contribution < -0.4 is 0 Å². The van der Waals surface area contributed by atoms with E-state index in [-0.39, 0.29) is 11.3 Å². The number of Topliss-reactive ketones (excluding diaryl/α,β-unsaturated/α-hetero) is 1. The Bertz CT molecular complexity index is 321. The molecule has 0 fully saturated rings. The molecular formula is C11H16O4. The molecular weight excluding hydrogens is 196 g/mol. The maximum Gasteiger partial charge on any atom is 0.200 e. The topological polar surface area (TPSA) is 77.8 Å². The highest BCUT2D eigenvalue weighted by Gasteiger charge is 2.09. The zero-order valence-corrected chi connectivity index (χ0v) is 9.11. The summed E-state index contributed by atoms with van der Waals surface area (Å²) in [7, 11) is 0. The lowest BCUT2D eigenvalue weighted by Gasteiger charge is -2.02. The van der Waals surface area contributed by atoms with Gasteiger partial charge in [0.2, 0.25) is 0 Å². The van der Waals surface area contributed by atoms with Crippen LogP contribution in [0.15, 0.2) is 12.1 Å². The number of hydrogen-bond donors (Lipinski definition) is 3. The predicted octanol–water partition coefficient (Wildman–Crippen LogP) is 2.42. The molecule has 0 bridgehead atoms. The number of ketones is 1. The van der Waals surface area contributed by atoms with Crippen LogP contribution >= 0.6 is 0 Å². The molecule has 0 saturated carbocycles. The molecule has 0 saturated heterocycles. The molecule has 84 valence electrons. The van der Waals surface area contributed by atoms with Crippen molar-refractivity contribution in [3.8, 4) is 17.2 Å². The SMILES string of the molecule is CC(=O)c1cc(O)c(O)c(O)c1.CCC. The summed E-state index contributed by atoms with van der Waals surface area (Å²) in [5, 5.41) is 26.8. The fourth-order valence-corrected chi connectivity index (χ4v) is 0.807. The average Bonchev–Trinajstić information content (AvgIpc) is 2.14. The molecule has 4 heteroatoms. The van der Waals surface area contributed by atoms with Gasteiger partial charge in [-0.25, -0.2) is 0 Å². The molecule has 0 atom stereocenters. The van der Waals surface area contributed by atoms with E-state index >= 15 is 0 Å². The number of benzene rings is 1. The Morgan fingerprint density at radius 1 is 1.13 bits per heavy atom. The van der Waals surface area contributed by atoms with E-state index in [1.165, 1.54) is 13.3 Å². The Hall–Kier alpha value is -1.71. The van der Waals surface area contributed by atoms with Crippen molar-refractivity contribution >= 4 is 5.78 Å². The Labute approximate surface area is 88.8 Å². The number of carbonyl (C=O) groups excluding carboxylic acids is 1. The second kappa shape index (κ2) is 5.90. The Morgan fingerprint density at radius 2 is 1.47 bits per heavy atom. The fraction of sp³-hybridized carbons (Fsp3) is 0.364. The number of phenols is 3. The summed E-state index contributed by atoms with van der Waals surface area (Å²) in [6.45, 7) is 5.55. The Kier molecular flexibility index (Phi) is 5.23. The third-order valence-corrected chi connectivity index (χ3v) is 1.48. The van der Waals surface area contributed by atoms with Gasteiger partial charge in [-0.3, -0.25) is 4.79 Å². The van der Waals surface area contributed by atoms with E-state index in [9.17, 15) is 4.79 Å². The van der Waals surface area contributed by atoms with E-state index < -0.39 is 17.2 Å². The summed E-state index contributed by atoms with van der Waals surface area (Å²) < 4.78 is 0. The lowest BCUT2D eigenvalue weighted by molar-refractivity contribution is 0.101. The minimum atomic E-state index is -0.611. The first-order valence-corrected chi connectivity index (χ1v) is 4.69. The molecule has 1 rings (SSSR count). The number of hydrogen-bond acceptors (Lipinski definition) is 4. The average molecular weight is 212 g/mol. The molecule has 0 aromatic heterocycles. The van der Waals surface area contributed by atoms with Crippen molar-refractivity contribution < 1.29 is 20.1 Å². The fourth-order valence-electron chi connectivity index (χ4n) is 0.807. The molecule has 3 N–H and O–H groups in total. The maximum atomic E-state index is 10.8. The minimum Gasteiger partial charge on any atom is -0.504 e. The van der Waals surface area contributed by atoms with E-state index in [4.69, 9.17) is 15.3 Å². The van der Waals surface area contributed by atoms with Crippen LogP contribution in [0.25, 0.3) is 0 Å². The van der Waals surface area contributed by atoms with Crippen LogP contribution in [0.3, 0.4) is 0 Å². The summed E-state index contributed by atoms with van der Waals surface area (Å²) in [5.41, 5.74) is 0.155. The third kappa shape index (κ3) is 3.89. The lowest BCUT2D eigenvalue weighted by Crippen LogP contribution is -1.90. The Balaban J connectivity index is 0.000000583. The molecule has 15 heavy (non-hydrogen) atoms. The molecule has 1 aromatic rings. The first kappa shape index (κ1) is 13.3. The summed E-state index contributed by atoms with van der Waals surface area (Å²) in [5.74, 6) is -1.90. The number of phenolic OH excluding ortho intramolecular Hbond substituents is 3. The van der Waals surface area contributed by atoms with Gasteiger partial charge in [0.05, 0.1) is 0 Å². The molecule has 4 nitrogen and oxygen atoms in total. The molecule has 0 aliphatic heterocycles. The smallest absolute Gasteiger partial charge is 0.200 e. The van der Waals surface area contributed by atoms with Crippen molar-refractivity contribution in [2.24, 2.45) is 0 Å². The van der Waals surface area contributed by atoms with Crippen LogP contribution in [0.1, 0.15) is 37.6 Å². The lowest BCUT2D eigenvalue weighted by atomic mass is 10.1. The van der Waals surface area contributed by atoms with Gasteiger partial charge in [0, 0.05) is 5.56 Å². The number of aromatic hydroxyl groups is 3. The van der Waals surface area contributed by atoms with Crippen molar-refractivity contribution in [2.45, 2.75) is 27.2 Å². The standard InChI is InChI=1S/C8H8O4.C3H8/c1-4(9)5-2-6(10)8(12)7(11)3-5;1-3-2/h2-3,10-12H,1H3;3H2,1-2H3. The number of carbonyl (C=O) groups is 1. The molecule has 0 unspecified atom stereocenters. The molecule has 0 radical (unpaired) electrons. The molecule has 0 spiro atoms. The van der Waals surface area contributed by atoms with Gasteiger partial charge in [0.25, 0.3) is 0 Å². The summed E-state index contributed by atoms with van der Waals surface area (Å²) in [6, 6.07) is 2.19. The quantitative estimate of drug-likeness (QED) is 0.493. The van der Waals surface area contributed by atoms with Crippen LogP contribution in [0.2, 0.25) is 0 Å². The first-order chi connectivity index (χ1) is 6.93. The van der Waals surface area contributed by atoms with Crippen LogP contribution in [-0.4, -0.2) is 21.1 Å². The van der Waals surface area contributed by atoms with Crippen LogP contribution in [-0.2, 0) is 0 Å². The van der Waals surface area contributed by atoms with Crippen molar-refractivity contribution in [3.63, 3.8) is 0 Å². The largest absolute Gasteiger partial charge is 0.504 e. The van der Waals surface area contributed by atoms with Gasteiger partial charge in [-0.2, -0.15) is 0 Å². The van der Waals surface area contributed by atoms with Crippen LogP contribution in [0.4, 0.5) is 0 Å². The highest BCUT2D eigenvalue weighted by molar-refractivity contribution is 5.95. The highest BCUT2D eigenvalue weighted by atomic mass is 16.3. The second-order valence-corrected chi connectivity index (χ2v) is 3.13. The predicted molar refractivity (Wildman–Crippen MR) is 57.4 cm³/mol. The highest BCUT2D eigenvalue weighted by Crippen LogP contribution is 2.35. The summed E-state index contributed by atoms with van der Waals surface area (Å²) >= 11 is 0. The van der Waals surface area contributed by atoms with Crippen molar-refractivity contribution in [2.75, 3.05) is 0 Å². The van der Waals surface area contributed by atoms with Crippen LogP contribution in [0.5, 0.6) is 17.2 Å². The van der Waals surface area contributed by atoms with Crippen LogP contribution in [0, 0.1) is 0 Å². The Morgan fingerprint density at radius 3 is 1.73 bits per heavy atom. The summed E-state index contributed by atoms with van der Waals surface area (Å²) in [6.07, 6.45) is 1.25. The molecule has 0 heterocycles. The zero-order chi connectivity index (χ0) is 12.0. The maximum absolute atomic E-state index is 10.8. The zero-order valence-electron chi connectivity index (χ0n) is 9.11. The molecule has 0 aliphatic rings. The van der Waals surface area contributed by atoms with Gasteiger partial charge >= 0.3 is 0 Å². The van der Waals surface area contributed by atoms with Crippen molar-refractivity contribution in [3.05, 3.63) is 17.7 Å². The van der Waals surface area contributed by atoms with Gasteiger partial charge < -0.3 is 15.3 Å². The van der Waals surface area contributed by atoms with E-state index in [0.717, 1.165) is 12.1 Å².